The molecule has 0 aromatic heterocycles. The first-order chi connectivity index (χ1) is 9.15. The van der Waals surface area contributed by atoms with E-state index in [0.717, 1.165) is 26.1 Å². The molecule has 1 saturated heterocycles. The van der Waals surface area contributed by atoms with Gasteiger partial charge in [-0.15, -0.1) is 0 Å². The van der Waals surface area contributed by atoms with Crippen LogP contribution in [0.3, 0.4) is 0 Å². The molecule has 1 amide bonds. The van der Waals surface area contributed by atoms with Gasteiger partial charge in [0.1, 0.15) is 0 Å². The van der Waals surface area contributed by atoms with Gasteiger partial charge < -0.3 is 16.0 Å². The van der Waals surface area contributed by atoms with E-state index in [-0.39, 0.29) is 5.91 Å². The second-order valence-electron chi connectivity index (χ2n) is 6.38. The number of piperidine rings is 1. The summed E-state index contributed by atoms with van der Waals surface area (Å²) in [5.41, 5.74) is 6.01. The van der Waals surface area contributed by atoms with Gasteiger partial charge in [-0.3, -0.25) is 4.79 Å². The normalized spacial score (nSPS) is 30.2. The van der Waals surface area contributed by atoms with E-state index in [2.05, 4.69) is 17.1 Å². The summed E-state index contributed by atoms with van der Waals surface area (Å²) in [6, 6.07) is 0.780. The smallest absolute Gasteiger partial charge is 0.221 e. The minimum Gasteiger partial charge on any atom is -0.353 e. The summed E-state index contributed by atoms with van der Waals surface area (Å²) in [7, 11) is 0. The van der Waals surface area contributed by atoms with E-state index in [0.29, 0.717) is 24.4 Å². The van der Waals surface area contributed by atoms with E-state index in [1.807, 2.05) is 0 Å². The summed E-state index contributed by atoms with van der Waals surface area (Å²) >= 11 is 0. The molecule has 1 aliphatic heterocycles. The fourth-order valence-corrected chi connectivity index (χ4v) is 3.26. The van der Waals surface area contributed by atoms with Crippen molar-refractivity contribution in [2.45, 2.75) is 64.0 Å². The Morgan fingerprint density at radius 1 is 1.26 bits per heavy atom. The number of likely N-dealkylation sites (tertiary alicyclic amines) is 1. The van der Waals surface area contributed by atoms with Gasteiger partial charge >= 0.3 is 0 Å². The molecular formula is C15H29N3O. The summed E-state index contributed by atoms with van der Waals surface area (Å²) in [6.45, 7) is 5.18. The molecule has 2 aliphatic rings. The maximum absolute atomic E-state index is 11.9. The molecule has 3 N–H and O–H groups in total. The monoisotopic (exact) mass is 267 g/mol. The standard InChI is InChI=1S/C15H29N3O/c1-12-11-18(9-7-14(12)16)10-8-15(19)17-13-5-3-2-4-6-13/h12-14H,2-11,16H2,1H3,(H,17,19). The first-order valence-corrected chi connectivity index (χ1v) is 7.92. The summed E-state index contributed by atoms with van der Waals surface area (Å²) in [6.07, 6.45) is 7.91. The number of carbonyl (C=O) groups is 1. The van der Waals surface area contributed by atoms with Crippen molar-refractivity contribution in [2.75, 3.05) is 19.6 Å². The predicted molar refractivity (Wildman–Crippen MR) is 77.8 cm³/mol. The molecule has 0 aromatic carbocycles. The molecule has 1 aliphatic carbocycles. The average molecular weight is 267 g/mol. The van der Waals surface area contributed by atoms with Gasteiger partial charge in [0, 0.05) is 31.6 Å². The van der Waals surface area contributed by atoms with Crippen molar-refractivity contribution in [1.29, 1.82) is 0 Å². The van der Waals surface area contributed by atoms with Crippen LogP contribution in [0.25, 0.3) is 0 Å². The number of nitrogens with two attached hydrogens (primary N) is 1. The van der Waals surface area contributed by atoms with E-state index >= 15 is 0 Å². The predicted octanol–water partition coefficient (Wildman–Crippen LogP) is 1.49. The topological polar surface area (TPSA) is 58.4 Å². The molecule has 19 heavy (non-hydrogen) atoms. The number of carbonyl (C=O) groups excluding carboxylic acids is 1. The maximum Gasteiger partial charge on any atom is 0.221 e. The number of rotatable bonds is 4. The van der Waals surface area contributed by atoms with E-state index in [1.165, 1.54) is 32.1 Å². The molecule has 2 atom stereocenters. The lowest BCUT2D eigenvalue weighted by Crippen LogP contribution is -2.47. The van der Waals surface area contributed by atoms with Crippen LogP contribution in [0, 0.1) is 5.92 Å². The average Bonchev–Trinajstić information content (AvgIpc) is 2.41. The first-order valence-electron chi connectivity index (χ1n) is 7.92. The zero-order valence-corrected chi connectivity index (χ0v) is 12.2. The minimum absolute atomic E-state index is 0.231. The molecule has 2 rings (SSSR count). The number of hydrogen-bond donors (Lipinski definition) is 2. The van der Waals surface area contributed by atoms with Crippen LogP contribution in [0.4, 0.5) is 0 Å². The Labute approximate surface area is 117 Å². The molecule has 4 nitrogen and oxygen atoms in total. The van der Waals surface area contributed by atoms with Gasteiger partial charge in [-0.05, 0) is 31.7 Å². The zero-order valence-electron chi connectivity index (χ0n) is 12.2. The number of amides is 1. The van der Waals surface area contributed by atoms with Gasteiger partial charge in [0.2, 0.25) is 5.91 Å². The highest BCUT2D eigenvalue weighted by atomic mass is 16.1. The third-order valence-electron chi connectivity index (χ3n) is 4.68. The number of hydrogen-bond acceptors (Lipinski definition) is 3. The molecule has 0 radical (unpaired) electrons. The van der Waals surface area contributed by atoms with Gasteiger partial charge in [-0.25, -0.2) is 0 Å². The molecule has 1 heterocycles. The fraction of sp³-hybridized carbons (Fsp3) is 0.933. The number of nitrogens with zero attached hydrogens (tertiary/aromatic N) is 1. The first kappa shape index (κ1) is 14.8. The summed E-state index contributed by atoms with van der Waals surface area (Å²) in [4.78, 5) is 14.3. The summed E-state index contributed by atoms with van der Waals surface area (Å²) < 4.78 is 0. The largest absolute Gasteiger partial charge is 0.353 e. The van der Waals surface area contributed by atoms with Crippen molar-refractivity contribution in [2.24, 2.45) is 11.7 Å². The van der Waals surface area contributed by atoms with Crippen LogP contribution in [-0.2, 0) is 4.79 Å². The van der Waals surface area contributed by atoms with E-state index in [1.54, 1.807) is 0 Å². The quantitative estimate of drug-likeness (QED) is 0.811. The SMILES string of the molecule is CC1CN(CCC(=O)NC2CCCCC2)CCC1N. The maximum atomic E-state index is 11.9. The van der Waals surface area contributed by atoms with Crippen LogP contribution < -0.4 is 11.1 Å². The lowest BCUT2D eigenvalue weighted by molar-refractivity contribution is -0.122. The lowest BCUT2D eigenvalue weighted by atomic mass is 9.94. The van der Waals surface area contributed by atoms with E-state index in [9.17, 15) is 4.79 Å². The highest BCUT2D eigenvalue weighted by molar-refractivity contribution is 5.76. The van der Waals surface area contributed by atoms with Crippen LogP contribution in [0.1, 0.15) is 51.9 Å². The van der Waals surface area contributed by atoms with Crippen LogP contribution in [0.15, 0.2) is 0 Å². The molecule has 2 fully saturated rings. The summed E-state index contributed by atoms with van der Waals surface area (Å²) in [5.74, 6) is 0.782. The van der Waals surface area contributed by atoms with Crippen molar-refractivity contribution < 1.29 is 4.79 Å². The Hall–Kier alpha value is -0.610. The third kappa shape index (κ3) is 4.77. The van der Waals surface area contributed by atoms with E-state index in [4.69, 9.17) is 5.73 Å². The van der Waals surface area contributed by atoms with Crippen LogP contribution >= 0.6 is 0 Å². The Morgan fingerprint density at radius 2 is 2.00 bits per heavy atom. The molecule has 0 aromatic rings. The van der Waals surface area contributed by atoms with Crippen molar-refractivity contribution >= 4 is 5.91 Å². The van der Waals surface area contributed by atoms with Crippen molar-refractivity contribution in [3.8, 4) is 0 Å². The minimum atomic E-state index is 0.231. The molecule has 4 heteroatoms. The zero-order chi connectivity index (χ0) is 13.7. The Bertz CT molecular complexity index is 289. The Balaban J connectivity index is 1.63. The highest BCUT2D eigenvalue weighted by Gasteiger charge is 2.23. The van der Waals surface area contributed by atoms with Crippen LogP contribution in [0.5, 0.6) is 0 Å². The lowest BCUT2D eigenvalue weighted by Gasteiger charge is -2.35. The second-order valence-corrected chi connectivity index (χ2v) is 6.38. The highest BCUT2D eigenvalue weighted by Crippen LogP contribution is 2.18. The molecule has 1 saturated carbocycles. The molecule has 2 unspecified atom stereocenters. The van der Waals surface area contributed by atoms with Gasteiger partial charge in [-0.1, -0.05) is 26.2 Å². The van der Waals surface area contributed by atoms with Gasteiger partial charge in [0.25, 0.3) is 0 Å². The Kier molecular flexibility index (Phi) is 5.64. The summed E-state index contributed by atoms with van der Waals surface area (Å²) in [5, 5.41) is 3.19. The van der Waals surface area contributed by atoms with Crippen molar-refractivity contribution in [1.82, 2.24) is 10.2 Å². The van der Waals surface area contributed by atoms with Gasteiger partial charge in [0.15, 0.2) is 0 Å². The number of nitrogens with one attached hydrogen (secondary N) is 1. The Morgan fingerprint density at radius 3 is 2.68 bits per heavy atom. The van der Waals surface area contributed by atoms with Gasteiger partial charge in [0.05, 0.1) is 0 Å². The molecule has 110 valence electrons. The van der Waals surface area contributed by atoms with Crippen molar-refractivity contribution in [3.05, 3.63) is 0 Å². The third-order valence-corrected chi connectivity index (χ3v) is 4.68. The molecule has 0 spiro atoms. The second kappa shape index (κ2) is 7.25. The van der Waals surface area contributed by atoms with Gasteiger partial charge in [-0.2, -0.15) is 0 Å². The van der Waals surface area contributed by atoms with Crippen LogP contribution in [0.2, 0.25) is 0 Å². The van der Waals surface area contributed by atoms with Crippen molar-refractivity contribution in [3.63, 3.8) is 0 Å². The van der Waals surface area contributed by atoms with Crippen LogP contribution in [-0.4, -0.2) is 42.5 Å². The molecule has 0 bridgehead atoms. The fourth-order valence-electron chi connectivity index (χ4n) is 3.26. The molecular weight excluding hydrogens is 238 g/mol. The van der Waals surface area contributed by atoms with E-state index < -0.39 is 0 Å².